The summed E-state index contributed by atoms with van der Waals surface area (Å²) in [5.74, 6) is -1.94. The summed E-state index contributed by atoms with van der Waals surface area (Å²) in [5.41, 5.74) is 2.12. The topological polar surface area (TPSA) is 67.8 Å². The van der Waals surface area contributed by atoms with Crippen LogP contribution in [0.5, 0.6) is 5.75 Å². The van der Waals surface area contributed by atoms with E-state index in [1.807, 2.05) is 45.5 Å². The minimum atomic E-state index is -4.09. The second-order valence-corrected chi connectivity index (χ2v) is 16.9. The van der Waals surface area contributed by atoms with Crippen molar-refractivity contribution < 1.29 is 30.8 Å². The van der Waals surface area contributed by atoms with Gasteiger partial charge < -0.3 is 9.22 Å². The Balaban J connectivity index is 1.61. The Morgan fingerprint density at radius 2 is 1.69 bits per heavy atom. The first-order chi connectivity index (χ1) is 22.4. The van der Waals surface area contributed by atoms with E-state index in [1.165, 1.54) is 23.9 Å². The number of hydrogen-bond donors (Lipinski definition) is 1. The number of halogens is 4. The summed E-state index contributed by atoms with van der Waals surface area (Å²) in [7, 11) is 3.45. The fourth-order valence-electron chi connectivity index (χ4n) is 5.93. The molecule has 1 heterocycles. The molecule has 2 unspecified atom stereocenters. The lowest BCUT2D eigenvalue weighted by molar-refractivity contribution is -0.870. The van der Waals surface area contributed by atoms with Crippen molar-refractivity contribution in [3.05, 3.63) is 106 Å². The third-order valence-electron chi connectivity index (χ3n) is 8.84. The zero-order valence-electron chi connectivity index (χ0n) is 28.4. The van der Waals surface area contributed by atoms with Gasteiger partial charge in [0.25, 0.3) is 0 Å². The standard InChI is InChI=1S/C36H44ClF3N3O3S2/c1-23-28(24-9-12-26(38)13-10-24)20-35(41-21-30(23)36(2,3)25-11-14-34(46-7)31(37)17-25)47-22-29-32(39)18-27(19-33(29)40)48(44,45)42-15-8-16-43(4,5)6/h9-14,17-19,21,23,28,42H,8,15-16,20,22H2,1-7H3/q+1. The third kappa shape index (κ3) is 9.24. The van der Waals surface area contributed by atoms with Crippen LogP contribution in [0, 0.1) is 23.4 Å². The number of thioether (sulfide) groups is 1. The maximum Gasteiger partial charge on any atom is 0.240 e. The molecular formula is C36H44ClF3N3O3S2+. The monoisotopic (exact) mass is 722 g/mol. The van der Waals surface area contributed by atoms with Crippen LogP contribution >= 0.6 is 23.4 Å². The van der Waals surface area contributed by atoms with E-state index in [1.54, 1.807) is 19.2 Å². The number of ether oxygens (including phenoxy) is 1. The molecular weight excluding hydrogens is 679 g/mol. The van der Waals surface area contributed by atoms with Crippen LogP contribution in [0.15, 0.2) is 76.3 Å². The zero-order valence-corrected chi connectivity index (χ0v) is 30.8. The minimum absolute atomic E-state index is 0.0546. The molecule has 2 atom stereocenters. The molecule has 0 saturated carbocycles. The van der Waals surface area contributed by atoms with Gasteiger partial charge in [-0.3, -0.25) is 4.99 Å². The van der Waals surface area contributed by atoms with Gasteiger partial charge in [-0.25, -0.2) is 26.3 Å². The van der Waals surface area contributed by atoms with Crippen molar-refractivity contribution in [2.75, 3.05) is 41.3 Å². The number of nitrogens with zero attached hydrogens (tertiary/aromatic N) is 2. The van der Waals surface area contributed by atoms with Crippen LogP contribution < -0.4 is 9.46 Å². The summed E-state index contributed by atoms with van der Waals surface area (Å²) in [4.78, 5) is 4.36. The molecule has 3 aromatic carbocycles. The van der Waals surface area contributed by atoms with Gasteiger partial charge in [-0.2, -0.15) is 0 Å². The molecule has 260 valence electrons. The molecule has 0 bridgehead atoms. The van der Waals surface area contributed by atoms with Crippen LogP contribution in [0.4, 0.5) is 13.2 Å². The van der Waals surface area contributed by atoms with Crippen LogP contribution in [0.25, 0.3) is 0 Å². The van der Waals surface area contributed by atoms with Gasteiger partial charge >= 0.3 is 0 Å². The van der Waals surface area contributed by atoms with Crippen LogP contribution in [-0.4, -0.2) is 59.3 Å². The summed E-state index contributed by atoms with van der Waals surface area (Å²) in [6.07, 6.45) is 2.84. The summed E-state index contributed by atoms with van der Waals surface area (Å²) < 4.78 is 78.5. The smallest absolute Gasteiger partial charge is 0.240 e. The number of nitrogens with one attached hydrogen (secondary N) is 1. The highest BCUT2D eigenvalue weighted by Gasteiger charge is 2.36. The minimum Gasteiger partial charge on any atom is -0.495 e. The van der Waals surface area contributed by atoms with Gasteiger partial charge in [-0.15, -0.1) is 11.8 Å². The van der Waals surface area contributed by atoms with Gasteiger partial charge in [-0.1, -0.05) is 50.6 Å². The van der Waals surface area contributed by atoms with E-state index in [0.29, 0.717) is 33.1 Å². The molecule has 4 rings (SSSR count). The van der Waals surface area contributed by atoms with Crippen molar-refractivity contribution in [3.8, 4) is 5.75 Å². The predicted octanol–water partition coefficient (Wildman–Crippen LogP) is 8.46. The van der Waals surface area contributed by atoms with Gasteiger partial charge in [0, 0.05) is 42.3 Å². The van der Waals surface area contributed by atoms with Gasteiger partial charge in [-0.05, 0) is 64.9 Å². The van der Waals surface area contributed by atoms with E-state index in [2.05, 4.69) is 25.5 Å². The Labute approximate surface area is 292 Å². The first-order valence-corrected chi connectivity index (χ1v) is 18.5. The largest absolute Gasteiger partial charge is 0.495 e. The highest BCUT2D eigenvalue weighted by Crippen LogP contribution is 2.46. The predicted molar refractivity (Wildman–Crippen MR) is 190 cm³/mol. The molecule has 1 N–H and O–H groups in total. The van der Waals surface area contributed by atoms with Crippen LogP contribution in [-0.2, 0) is 21.2 Å². The van der Waals surface area contributed by atoms with Gasteiger partial charge in [0.15, 0.2) is 0 Å². The third-order valence-corrected chi connectivity index (χ3v) is 11.6. The average Bonchev–Trinajstić information content (AvgIpc) is 3.17. The molecule has 0 amide bonds. The molecule has 0 fully saturated rings. The second-order valence-electron chi connectivity index (χ2n) is 13.7. The summed E-state index contributed by atoms with van der Waals surface area (Å²) >= 11 is 7.69. The first kappa shape index (κ1) is 38.0. The zero-order chi connectivity index (χ0) is 35.4. The van der Waals surface area contributed by atoms with Gasteiger partial charge in [0.05, 0.1) is 49.8 Å². The van der Waals surface area contributed by atoms with Crippen molar-refractivity contribution >= 4 is 38.4 Å². The molecule has 0 spiro atoms. The number of allylic oxidation sites excluding steroid dienone is 1. The number of quaternary nitrogens is 1. The highest BCUT2D eigenvalue weighted by atomic mass is 35.5. The maximum absolute atomic E-state index is 15.3. The van der Waals surface area contributed by atoms with Crippen LogP contribution in [0.2, 0.25) is 5.02 Å². The Bertz CT molecular complexity index is 1770. The number of rotatable bonds is 12. The van der Waals surface area contributed by atoms with Crippen LogP contribution in [0.1, 0.15) is 56.2 Å². The lowest BCUT2D eigenvalue weighted by atomic mass is 9.68. The second kappa shape index (κ2) is 15.4. The number of sulfonamides is 1. The Kier molecular flexibility index (Phi) is 12.2. The highest BCUT2D eigenvalue weighted by molar-refractivity contribution is 8.13. The molecule has 1 aliphatic rings. The van der Waals surface area contributed by atoms with E-state index in [9.17, 15) is 12.8 Å². The molecule has 3 aromatic rings. The lowest BCUT2D eigenvalue weighted by Gasteiger charge is -2.35. The summed E-state index contributed by atoms with van der Waals surface area (Å²) in [6.45, 7) is 7.16. The van der Waals surface area contributed by atoms with Gasteiger partial charge in [0.2, 0.25) is 10.0 Å². The SMILES string of the molecule is COc1ccc(C(C)(C)C2=CN=C(SCc3c(F)cc(S(=O)(=O)NCCC[N+](C)(C)C)cc3F)CC(c3ccc(F)cc3)C2C)cc1Cl. The first-order valence-electron chi connectivity index (χ1n) is 15.7. The van der Waals surface area contributed by atoms with E-state index < -0.39 is 32.0 Å². The van der Waals surface area contributed by atoms with Gasteiger partial charge in [0.1, 0.15) is 23.2 Å². The van der Waals surface area contributed by atoms with Crippen molar-refractivity contribution in [2.24, 2.45) is 10.9 Å². The van der Waals surface area contributed by atoms with E-state index in [-0.39, 0.29) is 35.5 Å². The van der Waals surface area contributed by atoms with Crippen molar-refractivity contribution in [2.45, 2.75) is 55.6 Å². The normalized spacial score (nSPS) is 17.5. The number of methoxy groups -OCH3 is 1. The molecule has 0 aromatic heterocycles. The molecule has 1 aliphatic heterocycles. The lowest BCUT2D eigenvalue weighted by Crippen LogP contribution is -2.37. The summed E-state index contributed by atoms with van der Waals surface area (Å²) in [5, 5.41) is 1.13. The maximum atomic E-state index is 15.3. The Morgan fingerprint density at radius 1 is 1.04 bits per heavy atom. The molecule has 48 heavy (non-hydrogen) atoms. The number of hydrogen-bond acceptors (Lipinski definition) is 5. The van der Waals surface area contributed by atoms with E-state index in [0.717, 1.165) is 35.4 Å². The average molecular weight is 723 g/mol. The fourth-order valence-corrected chi connectivity index (χ4v) is 8.30. The Morgan fingerprint density at radius 3 is 2.27 bits per heavy atom. The molecule has 0 saturated heterocycles. The van der Waals surface area contributed by atoms with Crippen molar-refractivity contribution in [1.29, 1.82) is 0 Å². The van der Waals surface area contributed by atoms with Crippen molar-refractivity contribution in [3.63, 3.8) is 0 Å². The van der Waals surface area contributed by atoms with Crippen LogP contribution in [0.3, 0.4) is 0 Å². The Hall–Kier alpha value is -2.83. The van der Waals surface area contributed by atoms with E-state index >= 15 is 8.78 Å². The molecule has 0 radical (unpaired) electrons. The van der Waals surface area contributed by atoms with Crippen molar-refractivity contribution in [1.82, 2.24) is 4.72 Å². The molecule has 6 nitrogen and oxygen atoms in total. The quantitative estimate of drug-likeness (QED) is 0.151. The summed E-state index contributed by atoms with van der Waals surface area (Å²) in [6, 6.07) is 13.8. The number of benzene rings is 3. The molecule has 12 heteroatoms. The number of aliphatic imine (C=N–C) groups is 1. The fraction of sp³-hybridized carbons (Fsp3) is 0.417. The molecule has 0 aliphatic carbocycles. The van der Waals surface area contributed by atoms with E-state index in [4.69, 9.17) is 21.3 Å².